The topological polar surface area (TPSA) is 63.4 Å². The van der Waals surface area contributed by atoms with E-state index in [9.17, 15) is 0 Å². The molecule has 0 saturated carbocycles. The van der Waals surface area contributed by atoms with Crippen molar-refractivity contribution in [3.05, 3.63) is 102 Å². The molecule has 1 aromatic heterocycles. The van der Waals surface area contributed by atoms with Gasteiger partial charge in [0.05, 0.1) is 24.4 Å². The van der Waals surface area contributed by atoms with Gasteiger partial charge in [0.25, 0.3) is 5.89 Å². The van der Waals surface area contributed by atoms with E-state index >= 15 is 0 Å². The van der Waals surface area contributed by atoms with Crippen molar-refractivity contribution < 1.29 is 9.26 Å². The van der Waals surface area contributed by atoms with Crippen LogP contribution in [0.3, 0.4) is 0 Å². The number of hydrogen-bond donors (Lipinski definition) is 1. The summed E-state index contributed by atoms with van der Waals surface area (Å²) in [7, 11) is 1.65. The van der Waals surface area contributed by atoms with Crippen molar-refractivity contribution in [2.24, 2.45) is 0 Å². The van der Waals surface area contributed by atoms with Crippen LogP contribution < -0.4 is 15.0 Å². The average Bonchev–Trinajstić information content (AvgIpc) is 3.35. The highest BCUT2D eigenvalue weighted by Gasteiger charge is 2.34. The smallest absolute Gasteiger partial charge is 0.258 e. The summed E-state index contributed by atoms with van der Waals surface area (Å²) < 4.78 is 11.2. The van der Waals surface area contributed by atoms with E-state index in [0.29, 0.717) is 16.8 Å². The molecule has 1 atom stereocenters. The molecular weight excluding hydrogens is 444 g/mol. The zero-order valence-electron chi connectivity index (χ0n) is 19.1. The number of methoxy groups -OCH3 is 1. The van der Waals surface area contributed by atoms with E-state index in [1.165, 1.54) is 5.56 Å². The summed E-state index contributed by atoms with van der Waals surface area (Å²) in [4.78, 5) is 6.74. The highest BCUT2D eigenvalue weighted by atomic mass is 32.1. The molecule has 1 unspecified atom stereocenters. The van der Waals surface area contributed by atoms with Crippen molar-refractivity contribution in [2.45, 2.75) is 19.9 Å². The maximum Gasteiger partial charge on any atom is 0.258 e. The van der Waals surface area contributed by atoms with Gasteiger partial charge in [-0.1, -0.05) is 71.4 Å². The maximum atomic E-state index is 5.83. The highest BCUT2D eigenvalue weighted by molar-refractivity contribution is 7.80. The molecule has 1 aliphatic heterocycles. The van der Waals surface area contributed by atoms with Crippen LogP contribution in [0.2, 0.25) is 0 Å². The number of nitrogens with one attached hydrogen (secondary N) is 1. The minimum Gasteiger partial charge on any atom is -0.497 e. The third-order valence-electron chi connectivity index (χ3n) is 5.90. The normalized spacial score (nSPS) is 15.9. The Balaban J connectivity index is 1.66. The lowest BCUT2D eigenvalue weighted by Gasteiger charge is -2.37. The number of hydrogen-bond acceptors (Lipinski definition) is 5. The Morgan fingerprint density at radius 3 is 2.47 bits per heavy atom. The van der Waals surface area contributed by atoms with E-state index in [0.717, 1.165) is 33.8 Å². The van der Waals surface area contributed by atoms with Crippen molar-refractivity contribution in [1.29, 1.82) is 0 Å². The van der Waals surface area contributed by atoms with Crippen molar-refractivity contribution >= 4 is 28.6 Å². The molecule has 7 heteroatoms. The standard InChI is InChI=1S/C27H24N4O2S/c1-17-12-14-19(15-13-17)24-23(26-29-25(30-33-26)20-8-5-4-6-9-20)18(2)31(27(34)28-24)21-10-7-11-22(16-21)32-3/h4-16,24H,1-3H3,(H,28,34). The van der Waals surface area contributed by atoms with Gasteiger partial charge in [-0.3, -0.25) is 4.90 Å². The first-order valence-corrected chi connectivity index (χ1v) is 11.4. The zero-order chi connectivity index (χ0) is 23.7. The molecule has 170 valence electrons. The van der Waals surface area contributed by atoms with E-state index in [-0.39, 0.29) is 6.04 Å². The second kappa shape index (κ2) is 9.11. The molecule has 5 rings (SSSR count). The number of allylic oxidation sites excluding steroid dienone is 1. The molecule has 0 spiro atoms. The van der Waals surface area contributed by atoms with E-state index in [1.54, 1.807) is 7.11 Å². The quantitative estimate of drug-likeness (QED) is 0.365. The molecule has 1 N–H and O–H groups in total. The van der Waals surface area contributed by atoms with Crippen LogP contribution in [0.15, 0.2) is 89.1 Å². The zero-order valence-corrected chi connectivity index (χ0v) is 20.0. The van der Waals surface area contributed by atoms with Gasteiger partial charge in [-0.2, -0.15) is 4.98 Å². The Hall–Kier alpha value is -3.97. The molecule has 3 aromatic carbocycles. The van der Waals surface area contributed by atoms with Crippen molar-refractivity contribution in [3.8, 4) is 17.1 Å². The van der Waals surface area contributed by atoms with Gasteiger partial charge >= 0.3 is 0 Å². The van der Waals surface area contributed by atoms with Crippen LogP contribution in [0.5, 0.6) is 5.75 Å². The van der Waals surface area contributed by atoms with Crippen LogP contribution >= 0.6 is 12.2 Å². The Kier molecular flexibility index (Phi) is 5.86. The number of ether oxygens (including phenoxy) is 1. The van der Waals surface area contributed by atoms with Crippen LogP contribution in [0.4, 0.5) is 5.69 Å². The number of nitrogens with zero attached hydrogens (tertiary/aromatic N) is 3. The van der Waals surface area contributed by atoms with Crippen molar-refractivity contribution in [3.63, 3.8) is 0 Å². The number of benzene rings is 3. The first-order valence-electron chi connectivity index (χ1n) is 11.0. The molecule has 0 bridgehead atoms. The predicted octanol–water partition coefficient (Wildman–Crippen LogP) is 5.92. The fraction of sp³-hybridized carbons (Fsp3) is 0.148. The molecule has 0 saturated heterocycles. The summed E-state index contributed by atoms with van der Waals surface area (Å²) in [6, 6.07) is 25.7. The fourth-order valence-electron chi connectivity index (χ4n) is 4.13. The van der Waals surface area contributed by atoms with E-state index in [4.69, 9.17) is 26.5 Å². The first kappa shape index (κ1) is 21.9. The highest BCUT2D eigenvalue weighted by Crippen LogP contribution is 2.39. The minimum absolute atomic E-state index is 0.237. The number of rotatable bonds is 5. The van der Waals surface area contributed by atoms with Gasteiger partial charge in [0.15, 0.2) is 5.11 Å². The van der Waals surface area contributed by atoms with Crippen LogP contribution in [0.25, 0.3) is 17.0 Å². The SMILES string of the molecule is COc1cccc(N2C(=S)NC(c3ccc(C)cc3)C(c3nc(-c4ccccc4)no3)=C2C)c1. The Bertz CT molecular complexity index is 1360. The first-order chi connectivity index (χ1) is 16.5. The summed E-state index contributed by atoms with van der Waals surface area (Å²) in [5, 5.41) is 8.35. The molecule has 0 radical (unpaired) electrons. The molecule has 0 fully saturated rings. The molecule has 4 aromatic rings. The van der Waals surface area contributed by atoms with Gasteiger partial charge in [-0.25, -0.2) is 0 Å². The largest absolute Gasteiger partial charge is 0.497 e. The molecule has 1 aliphatic rings. The van der Waals surface area contributed by atoms with Crippen LogP contribution in [0.1, 0.15) is 30.0 Å². The summed E-state index contributed by atoms with van der Waals surface area (Å²) in [6.07, 6.45) is 0. The molecule has 6 nitrogen and oxygen atoms in total. The van der Waals surface area contributed by atoms with Gasteiger partial charge in [-0.05, 0) is 43.8 Å². The van der Waals surface area contributed by atoms with E-state index in [1.807, 2.05) is 66.4 Å². The van der Waals surface area contributed by atoms with Gasteiger partial charge < -0.3 is 14.6 Å². The molecular formula is C27H24N4O2S. The van der Waals surface area contributed by atoms with E-state index in [2.05, 4.69) is 41.7 Å². The number of anilines is 1. The third-order valence-corrected chi connectivity index (χ3v) is 6.20. The summed E-state index contributed by atoms with van der Waals surface area (Å²) in [5.41, 5.74) is 5.81. The number of thiocarbonyl (C=S) groups is 1. The Morgan fingerprint density at radius 1 is 0.971 bits per heavy atom. The Labute approximate surface area is 203 Å². The summed E-state index contributed by atoms with van der Waals surface area (Å²) in [6.45, 7) is 4.09. The number of aryl methyl sites for hydroxylation is 1. The van der Waals surface area contributed by atoms with Crippen molar-refractivity contribution in [1.82, 2.24) is 15.5 Å². The monoisotopic (exact) mass is 468 g/mol. The predicted molar refractivity (Wildman–Crippen MR) is 137 cm³/mol. The third kappa shape index (κ3) is 4.06. The van der Waals surface area contributed by atoms with Gasteiger partial charge in [0, 0.05) is 17.3 Å². The lowest BCUT2D eigenvalue weighted by molar-refractivity contribution is 0.404. The lowest BCUT2D eigenvalue weighted by Crippen LogP contribution is -2.46. The van der Waals surface area contributed by atoms with Crippen LogP contribution in [-0.4, -0.2) is 22.4 Å². The minimum atomic E-state index is -0.237. The van der Waals surface area contributed by atoms with Gasteiger partial charge in [0.2, 0.25) is 5.82 Å². The summed E-state index contributed by atoms with van der Waals surface area (Å²) in [5.74, 6) is 1.74. The van der Waals surface area contributed by atoms with Crippen LogP contribution in [-0.2, 0) is 0 Å². The second-order valence-electron chi connectivity index (χ2n) is 8.12. The second-order valence-corrected chi connectivity index (χ2v) is 8.51. The average molecular weight is 469 g/mol. The van der Waals surface area contributed by atoms with Crippen LogP contribution in [0, 0.1) is 6.92 Å². The summed E-state index contributed by atoms with van der Waals surface area (Å²) >= 11 is 5.83. The molecule has 0 aliphatic carbocycles. The molecule has 0 amide bonds. The van der Waals surface area contributed by atoms with E-state index < -0.39 is 0 Å². The fourth-order valence-corrected chi connectivity index (χ4v) is 4.49. The molecule has 34 heavy (non-hydrogen) atoms. The van der Waals surface area contributed by atoms with Gasteiger partial charge in [-0.15, -0.1) is 0 Å². The number of aromatic nitrogens is 2. The lowest BCUT2D eigenvalue weighted by atomic mass is 9.94. The van der Waals surface area contributed by atoms with Crippen molar-refractivity contribution in [2.75, 3.05) is 12.0 Å². The van der Waals surface area contributed by atoms with Gasteiger partial charge in [0.1, 0.15) is 5.75 Å². The molecule has 2 heterocycles. The Morgan fingerprint density at radius 2 is 1.74 bits per heavy atom. The maximum absolute atomic E-state index is 5.83.